The van der Waals surface area contributed by atoms with Gasteiger partial charge in [-0.1, -0.05) is 6.92 Å². The van der Waals surface area contributed by atoms with Gasteiger partial charge in [0.1, 0.15) is 5.25 Å². The van der Waals surface area contributed by atoms with Gasteiger partial charge < -0.3 is 15.0 Å². The molecule has 0 saturated heterocycles. The first-order valence-electron chi connectivity index (χ1n) is 8.35. The molecule has 6 nitrogen and oxygen atoms in total. The van der Waals surface area contributed by atoms with Crippen LogP contribution in [0.1, 0.15) is 37.6 Å². The minimum Gasteiger partial charge on any atom is -0.455 e. The van der Waals surface area contributed by atoms with E-state index in [9.17, 15) is 14.4 Å². The number of hydrogen-bond donors (Lipinski definition) is 1. The first-order chi connectivity index (χ1) is 12.0. The van der Waals surface area contributed by atoms with Crippen LogP contribution in [0.25, 0.3) is 0 Å². The van der Waals surface area contributed by atoms with Crippen molar-refractivity contribution in [2.24, 2.45) is 0 Å². The second-order valence-corrected chi connectivity index (χ2v) is 6.38. The number of nitrogens with one attached hydrogen (secondary N) is 1. The van der Waals surface area contributed by atoms with E-state index < -0.39 is 5.91 Å². The van der Waals surface area contributed by atoms with Gasteiger partial charge in [-0.25, -0.2) is 0 Å². The van der Waals surface area contributed by atoms with Crippen LogP contribution in [0.4, 0.5) is 5.69 Å². The number of ether oxygens (including phenoxy) is 1. The van der Waals surface area contributed by atoms with E-state index in [0.717, 1.165) is 0 Å². The van der Waals surface area contributed by atoms with Crippen molar-refractivity contribution < 1.29 is 19.1 Å². The van der Waals surface area contributed by atoms with Gasteiger partial charge in [-0.3, -0.25) is 14.4 Å². The van der Waals surface area contributed by atoms with Crippen LogP contribution in [-0.2, 0) is 14.3 Å². The van der Waals surface area contributed by atoms with E-state index in [1.165, 1.54) is 11.8 Å². The summed E-state index contributed by atoms with van der Waals surface area (Å²) >= 11 is 1.40. The van der Waals surface area contributed by atoms with Crippen LogP contribution in [-0.4, -0.2) is 53.9 Å². The summed E-state index contributed by atoms with van der Waals surface area (Å²) in [6.07, 6.45) is 2.49. The Kier molecular flexibility index (Phi) is 9.05. The summed E-state index contributed by atoms with van der Waals surface area (Å²) in [5, 5.41) is 2.40. The molecule has 0 fully saturated rings. The number of benzene rings is 1. The summed E-state index contributed by atoms with van der Waals surface area (Å²) < 4.78 is 5.01. The highest BCUT2D eigenvalue weighted by Crippen LogP contribution is 2.13. The number of rotatable bonds is 9. The molecule has 7 heteroatoms. The molecule has 0 radical (unpaired) electrons. The Morgan fingerprint density at radius 1 is 1.12 bits per heavy atom. The van der Waals surface area contributed by atoms with Crippen LogP contribution in [0.3, 0.4) is 0 Å². The summed E-state index contributed by atoms with van der Waals surface area (Å²) in [5.41, 5.74) is 1.12. The predicted molar refractivity (Wildman–Crippen MR) is 101 cm³/mol. The monoisotopic (exact) mass is 366 g/mol. The Labute approximate surface area is 153 Å². The molecule has 0 aromatic heterocycles. The molecular weight excluding hydrogens is 340 g/mol. The van der Waals surface area contributed by atoms with Crippen LogP contribution in [0.5, 0.6) is 0 Å². The van der Waals surface area contributed by atoms with Gasteiger partial charge in [-0.15, -0.1) is 0 Å². The first-order valence-corrected chi connectivity index (χ1v) is 9.64. The van der Waals surface area contributed by atoms with E-state index in [4.69, 9.17) is 4.74 Å². The summed E-state index contributed by atoms with van der Waals surface area (Å²) in [4.78, 5) is 37.5. The van der Waals surface area contributed by atoms with Gasteiger partial charge in [0, 0.05) is 24.3 Å². The molecule has 0 saturated carbocycles. The number of hydrogen-bond acceptors (Lipinski definition) is 5. The Bertz CT molecular complexity index is 581. The van der Waals surface area contributed by atoms with Gasteiger partial charge >= 0.3 is 5.97 Å². The third-order valence-electron chi connectivity index (χ3n) is 3.73. The maximum absolute atomic E-state index is 12.2. The number of amides is 2. The first kappa shape index (κ1) is 21.0. The highest BCUT2D eigenvalue weighted by Gasteiger charge is 2.18. The number of thioether (sulfide) groups is 1. The van der Waals surface area contributed by atoms with Crippen molar-refractivity contribution in [3.05, 3.63) is 29.8 Å². The van der Waals surface area contributed by atoms with Crippen molar-refractivity contribution in [3.8, 4) is 0 Å². The predicted octanol–water partition coefficient (Wildman–Crippen LogP) is 2.79. The van der Waals surface area contributed by atoms with Crippen molar-refractivity contribution in [2.45, 2.75) is 32.4 Å². The third-order valence-corrected chi connectivity index (χ3v) is 4.82. The van der Waals surface area contributed by atoms with Crippen molar-refractivity contribution in [1.29, 1.82) is 0 Å². The fourth-order valence-electron chi connectivity index (χ4n) is 2.25. The van der Waals surface area contributed by atoms with Crippen LogP contribution in [0.15, 0.2) is 24.3 Å². The van der Waals surface area contributed by atoms with Crippen LogP contribution < -0.4 is 5.32 Å². The van der Waals surface area contributed by atoms with E-state index >= 15 is 0 Å². The fraction of sp³-hybridized carbons (Fsp3) is 0.500. The molecular formula is C18H26N2O4S. The van der Waals surface area contributed by atoms with Crippen LogP contribution in [0.2, 0.25) is 0 Å². The quantitative estimate of drug-likeness (QED) is 0.680. The number of esters is 1. The third kappa shape index (κ3) is 6.42. The lowest BCUT2D eigenvalue weighted by molar-refractivity contribution is -0.146. The summed E-state index contributed by atoms with van der Waals surface area (Å²) in [7, 11) is 0. The molecule has 2 amide bonds. The summed E-state index contributed by atoms with van der Waals surface area (Å²) in [5.74, 6) is -0.836. The molecule has 1 atom stereocenters. The molecule has 0 aliphatic carbocycles. The number of carbonyl (C=O) groups excluding carboxylic acids is 3. The molecule has 1 aromatic rings. The molecule has 0 heterocycles. The Morgan fingerprint density at radius 2 is 1.72 bits per heavy atom. The molecule has 138 valence electrons. The molecule has 1 unspecified atom stereocenters. The minimum atomic E-state index is -0.410. The van der Waals surface area contributed by atoms with Crippen molar-refractivity contribution >= 4 is 35.2 Å². The summed E-state index contributed by atoms with van der Waals surface area (Å²) in [6, 6.07) is 6.66. The second-order valence-electron chi connectivity index (χ2n) is 5.34. The molecule has 25 heavy (non-hydrogen) atoms. The second kappa shape index (κ2) is 10.8. The zero-order valence-corrected chi connectivity index (χ0v) is 16.0. The number of anilines is 1. The number of nitrogens with zero attached hydrogens (tertiary/aromatic N) is 1. The van der Waals surface area contributed by atoms with Gasteiger partial charge in [0.05, 0.1) is 0 Å². The topological polar surface area (TPSA) is 75.7 Å². The Morgan fingerprint density at radius 3 is 2.20 bits per heavy atom. The smallest absolute Gasteiger partial charge is 0.319 e. The number of carbonyl (C=O) groups is 3. The Hall–Kier alpha value is -2.02. The van der Waals surface area contributed by atoms with Gasteiger partial charge in [0.2, 0.25) is 0 Å². The van der Waals surface area contributed by atoms with Crippen molar-refractivity contribution in [1.82, 2.24) is 4.90 Å². The molecule has 0 bridgehead atoms. The molecule has 0 aliphatic rings. The van der Waals surface area contributed by atoms with E-state index in [1.807, 2.05) is 27.0 Å². The van der Waals surface area contributed by atoms with Crippen LogP contribution >= 0.6 is 11.8 Å². The normalized spacial score (nSPS) is 11.5. The van der Waals surface area contributed by atoms with E-state index in [1.54, 1.807) is 29.2 Å². The maximum atomic E-state index is 12.2. The van der Waals surface area contributed by atoms with E-state index in [0.29, 0.717) is 30.8 Å². The summed E-state index contributed by atoms with van der Waals surface area (Å²) in [6.45, 7) is 6.72. The van der Waals surface area contributed by atoms with E-state index in [-0.39, 0.29) is 23.7 Å². The van der Waals surface area contributed by atoms with E-state index in [2.05, 4.69) is 5.32 Å². The molecule has 1 rings (SSSR count). The highest BCUT2D eigenvalue weighted by molar-refractivity contribution is 7.99. The molecule has 0 spiro atoms. The lowest BCUT2D eigenvalue weighted by atomic mass is 10.2. The standard InChI is InChI=1S/C18H26N2O4S/c1-5-15(25-4)18(23)24-12-16(21)19-14-10-8-13(9-11-14)17(22)20(6-2)7-3/h8-11,15H,5-7,12H2,1-4H3,(H,19,21). The van der Waals surface area contributed by atoms with Gasteiger partial charge in [-0.05, 0) is 50.8 Å². The van der Waals surface area contributed by atoms with Crippen molar-refractivity contribution in [3.63, 3.8) is 0 Å². The van der Waals surface area contributed by atoms with Gasteiger partial charge in [0.25, 0.3) is 11.8 Å². The maximum Gasteiger partial charge on any atom is 0.319 e. The highest BCUT2D eigenvalue weighted by atomic mass is 32.2. The van der Waals surface area contributed by atoms with Crippen molar-refractivity contribution in [2.75, 3.05) is 31.3 Å². The minimum absolute atomic E-state index is 0.0421. The lowest BCUT2D eigenvalue weighted by Crippen LogP contribution is -2.30. The zero-order valence-electron chi connectivity index (χ0n) is 15.2. The molecule has 1 aromatic carbocycles. The van der Waals surface area contributed by atoms with Crippen LogP contribution in [0, 0.1) is 0 Å². The SMILES string of the molecule is CCC(SC)C(=O)OCC(=O)Nc1ccc(C(=O)N(CC)CC)cc1. The zero-order chi connectivity index (χ0) is 18.8. The Balaban J connectivity index is 2.56. The lowest BCUT2D eigenvalue weighted by Gasteiger charge is -2.18. The average Bonchev–Trinajstić information content (AvgIpc) is 2.62. The fourth-order valence-corrected chi connectivity index (χ4v) is 2.84. The van der Waals surface area contributed by atoms with Gasteiger partial charge in [-0.2, -0.15) is 11.8 Å². The molecule has 0 aliphatic heterocycles. The average molecular weight is 366 g/mol. The largest absolute Gasteiger partial charge is 0.455 e. The molecule has 1 N–H and O–H groups in total. The van der Waals surface area contributed by atoms with Gasteiger partial charge in [0.15, 0.2) is 6.61 Å².